The minimum absolute atomic E-state index is 0.174. The van der Waals surface area contributed by atoms with Gasteiger partial charge >= 0.3 is 5.97 Å². The number of nitrogens with one attached hydrogen (secondary N) is 1. The molecule has 0 saturated heterocycles. The van der Waals surface area contributed by atoms with E-state index in [1.165, 1.54) is 12.4 Å². The minimum Gasteiger partial charge on any atom is -0.478 e. The Hall–Kier alpha value is -4.07. The number of amides is 1. The number of hydrogen-bond donors (Lipinski definition) is 3. The van der Waals surface area contributed by atoms with Crippen LogP contribution in [0.15, 0.2) is 55.1 Å². The summed E-state index contributed by atoms with van der Waals surface area (Å²) in [5, 5.41) is 9.29. The number of aromatic amines is 1. The normalized spacial score (nSPS) is 10.3. The Morgan fingerprint density at radius 1 is 0.931 bits per heavy atom. The molecule has 146 valence electrons. The third-order valence-electron chi connectivity index (χ3n) is 4.34. The Kier molecular flexibility index (Phi) is 5.64. The van der Waals surface area contributed by atoms with Crippen molar-refractivity contribution in [2.45, 2.75) is 13.8 Å². The summed E-state index contributed by atoms with van der Waals surface area (Å²) in [7, 11) is 0. The minimum atomic E-state index is -0.992. The first-order valence-electron chi connectivity index (χ1n) is 8.73. The number of nitrogens with zero attached hydrogens (tertiary/aromatic N) is 3. The van der Waals surface area contributed by atoms with E-state index in [0.29, 0.717) is 11.0 Å². The lowest BCUT2D eigenvalue weighted by Gasteiger charge is -2.12. The van der Waals surface area contributed by atoms with Gasteiger partial charge in [0.25, 0.3) is 5.91 Å². The van der Waals surface area contributed by atoms with Crippen molar-refractivity contribution in [3.05, 3.63) is 77.6 Å². The molecule has 0 saturated carbocycles. The van der Waals surface area contributed by atoms with Crippen LogP contribution in [-0.4, -0.2) is 36.9 Å². The SMILES string of the molecule is Cc1cccc(C)c1-c1ccc(C(=O)O)c2nccnc12.NC(=O)c1ncc[nH]1. The van der Waals surface area contributed by atoms with E-state index in [2.05, 4.69) is 19.9 Å². The van der Waals surface area contributed by atoms with Crippen LogP contribution >= 0.6 is 0 Å². The molecule has 29 heavy (non-hydrogen) atoms. The number of hydrogen-bond acceptors (Lipinski definition) is 5. The second-order valence-corrected chi connectivity index (χ2v) is 6.29. The number of aryl methyl sites for hydroxylation is 2. The molecule has 2 aromatic heterocycles. The van der Waals surface area contributed by atoms with Crippen LogP contribution < -0.4 is 5.73 Å². The summed E-state index contributed by atoms with van der Waals surface area (Å²) in [6.45, 7) is 4.07. The summed E-state index contributed by atoms with van der Waals surface area (Å²) in [5.41, 5.74) is 10.3. The van der Waals surface area contributed by atoms with Gasteiger partial charge in [0.1, 0.15) is 5.52 Å². The first-order chi connectivity index (χ1) is 13.9. The van der Waals surface area contributed by atoms with Crippen LogP contribution in [0, 0.1) is 13.8 Å². The summed E-state index contributed by atoms with van der Waals surface area (Å²) in [6.07, 6.45) is 6.12. The molecule has 8 heteroatoms. The van der Waals surface area contributed by atoms with Crippen molar-refractivity contribution in [2.75, 3.05) is 0 Å². The van der Waals surface area contributed by atoms with E-state index in [1.54, 1.807) is 18.5 Å². The molecule has 0 aliphatic rings. The van der Waals surface area contributed by atoms with Crippen LogP contribution in [0.5, 0.6) is 0 Å². The highest BCUT2D eigenvalue weighted by atomic mass is 16.4. The van der Waals surface area contributed by atoms with Crippen molar-refractivity contribution >= 4 is 22.9 Å². The van der Waals surface area contributed by atoms with E-state index in [1.807, 2.05) is 38.1 Å². The van der Waals surface area contributed by atoms with Gasteiger partial charge in [-0.05, 0) is 36.6 Å². The lowest BCUT2D eigenvalue weighted by Crippen LogP contribution is -2.12. The third-order valence-corrected chi connectivity index (χ3v) is 4.34. The van der Waals surface area contributed by atoms with Gasteiger partial charge in [0, 0.05) is 30.4 Å². The fourth-order valence-electron chi connectivity index (χ4n) is 3.07. The third kappa shape index (κ3) is 4.11. The van der Waals surface area contributed by atoms with E-state index in [9.17, 15) is 14.7 Å². The van der Waals surface area contributed by atoms with E-state index in [4.69, 9.17) is 5.73 Å². The number of nitrogens with two attached hydrogens (primary N) is 1. The lowest BCUT2D eigenvalue weighted by molar-refractivity contribution is 0.0698. The van der Waals surface area contributed by atoms with Crippen molar-refractivity contribution in [1.82, 2.24) is 19.9 Å². The van der Waals surface area contributed by atoms with Crippen LogP contribution in [0.3, 0.4) is 0 Å². The van der Waals surface area contributed by atoms with E-state index < -0.39 is 11.9 Å². The van der Waals surface area contributed by atoms with E-state index in [-0.39, 0.29) is 11.4 Å². The highest BCUT2D eigenvalue weighted by Gasteiger charge is 2.16. The van der Waals surface area contributed by atoms with Gasteiger partial charge in [-0.2, -0.15) is 0 Å². The first kappa shape index (κ1) is 19.7. The number of H-pyrrole nitrogens is 1. The van der Waals surface area contributed by atoms with Gasteiger partial charge in [0.2, 0.25) is 0 Å². The Morgan fingerprint density at radius 2 is 1.59 bits per heavy atom. The van der Waals surface area contributed by atoms with Gasteiger partial charge in [0.05, 0.1) is 11.1 Å². The van der Waals surface area contributed by atoms with Crippen LogP contribution in [0.4, 0.5) is 0 Å². The molecule has 4 rings (SSSR count). The topological polar surface area (TPSA) is 135 Å². The molecule has 4 aromatic rings. The smallest absolute Gasteiger partial charge is 0.337 e. The number of imidazole rings is 1. The highest BCUT2D eigenvalue weighted by Crippen LogP contribution is 2.32. The quantitative estimate of drug-likeness (QED) is 0.493. The number of primary amides is 1. The largest absolute Gasteiger partial charge is 0.478 e. The molecule has 2 aromatic carbocycles. The summed E-state index contributed by atoms with van der Waals surface area (Å²) >= 11 is 0. The molecular weight excluding hydrogens is 370 g/mol. The summed E-state index contributed by atoms with van der Waals surface area (Å²) < 4.78 is 0. The van der Waals surface area contributed by atoms with Crippen molar-refractivity contribution in [2.24, 2.45) is 5.73 Å². The molecule has 0 aliphatic heterocycles. The van der Waals surface area contributed by atoms with Gasteiger partial charge in [-0.25, -0.2) is 9.78 Å². The zero-order valence-corrected chi connectivity index (χ0v) is 15.9. The van der Waals surface area contributed by atoms with Gasteiger partial charge in [-0.3, -0.25) is 14.8 Å². The first-order valence-corrected chi connectivity index (χ1v) is 8.73. The molecule has 8 nitrogen and oxygen atoms in total. The molecular formula is C21H19N5O3. The predicted molar refractivity (Wildman–Crippen MR) is 109 cm³/mol. The van der Waals surface area contributed by atoms with Gasteiger partial charge in [-0.15, -0.1) is 0 Å². The Morgan fingerprint density at radius 3 is 2.10 bits per heavy atom. The maximum Gasteiger partial charge on any atom is 0.337 e. The number of benzene rings is 2. The molecule has 0 unspecified atom stereocenters. The average Bonchev–Trinajstić information content (AvgIpc) is 3.23. The fourth-order valence-corrected chi connectivity index (χ4v) is 3.07. The van der Waals surface area contributed by atoms with Crippen LogP contribution in [0.2, 0.25) is 0 Å². The van der Waals surface area contributed by atoms with Crippen LogP contribution in [-0.2, 0) is 0 Å². The maximum absolute atomic E-state index is 11.3. The average molecular weight is 389 g/mol. The standard InChI is InChI=1S/C17H14N2O2.C4H5N3O/c1-10-4-3-5-11(2)14(10)12-6-7-13(17(20)21)16-15(12)18-8-9-19-16;5-3(8)4-6-1-2-7-4/h3-9H,1-2H3,(H,20,21);1-2H,(H2,5,8)(H,6,7). The zero-order chi connectivity index (χ0) is 21.0. The number of aromatic carboxylic acids is 1. The molecule has 0 radical (unpaired) electrons. The fraction of sp³-hybridized carbons (Fsp3) is 0.0952. The molecule has 0 fully saturated rings. The summed E-state index contributed by atoms with van der Waals surface area (Å²) in [6, 6.07) is 9.50. The molecule has 2 heterocycles. The monoisotopic (exact) mass is 389 g/mol. The molecule has 1 amide bonds. The lowest BCUT2D eigenvalue weighted by atomic mass is 9.93. The molecule has 0 spiro atoms. The second kappa shape index (κ2) is 8.30. The molecule has 4 N–H and O–H groups in total. The van der Waals surface area contributed by atoms with Crippen molar-refractivity contribution in [1.29, 1.82) is 0 Å². The Bertz CT molecular complexity index is 1170. The van der Waals surface area contributed by atoms with Crippen molar-refractivity contribution in [3.63, 3.8) is 0 Å². The molecule has 0 atom stereocenters. The van der Waals surface area contributed by atoms with Crippen molar-refractivity contribution < 1.29 is 14.7 Å². The zero-order valence-electron chi connectivity index (χ0n) is 15.9. The van der Waals surface area contributed by atoms with Crippen molar-refractivity contribution in [3.8, 4) is 11.1 Å². The van der Waals surface area contributed by atoms with Gasteiger partial charge < -0.3 is 15.8 Å². The Balaban J connectivity index is 0.000000252. The maximum atomic E-state index is 11.3. The number of fused-ring (bicyclic) bond motifs is 1. The van der Waals surface area contributed by atoms with Crippen LogP contribution in [0.25, 0.3) is 22.2 Å². The van der Waals surface area contributed by atoms with Gasteiger partial charge in [-0.1, -0.05) is 24.3 Å². The highest BCUT2D eigenvalue weighted by molar-refractivity contribution is 6.05. The number of carboxylic acid groups (broad SMARTS) is 1. The predicted octanol–water partition coefficient (Wildman–Crippen LogP) is 3.12. The van der Waals surface area contributed by atoms with E-state index >= 15 is 0 Å². The van der Waals surface area contributed by atoms with E-state index in [0.717, 1.165) is 22.3 Å². The second-order valence-electron chi connectivity index (χ2n) is 6.29. The number of carboxylic acids is 1. The number of rotatable bonds is 3. The number of carbonyl (C=O) groups is 2. The molecule has 0 aliphatic carbocycles. The summed E-state index contributed by atoms with van der Waals surface area (Å²) in [4.78, 5) is 36.2. The Labute approximate surface area is 166 Å². The number of aromatic nitrogens is 4. The summed E-state index contributed by atoms with van der Waals surface area (Å²) in [5.74, 6) is -1.33. The molecule has 0 bridgehead atoms. The van der Waals surface area contributed by atoms with Gasteiger partial charge in [0.15, 0.2) is 5.82 Å². The van der Waals surface area contributed by atoms with Crippen LogP contribution in [0.1, 0.15) is 32.1 Å². The number of carbonyl (C=O) groups excluding carboxylic acids is 1.